The summed E-state index contributed by atoms with van der Waals surface area (Å²) in [4.78, 5) is 11.7. The quantitative estimate of drug-likeness (QED) is 0.842. The first-order chi connectivity index (χ1) is 7.68. The van der Waals surface area contributed by atoms with E-state index in [2.05, 4.69) is 14.9 Å². The maximum atomic E-state index is 11.7. The van der Waals surface area contributed by atoms with Crippen LogP contribution in [0.3, 0.4) is 0 Å². The van der Waals surface area contributed by atoms with E-state index in [0.717, 1.165) is 43.6 Å². The number of anilines is 1. The van der Waals surface area contributed by atoms with E-state index >= 15 is 0 Å². The van der Waals surface area contributed by atoms with Crippen LogP contribution in [0.4, 0.5) is 5.00 Å². The molecule has 5 nitrogen and oxygen atoms in total. The molecule has 88 valence electrons. The zero-order valence-electron chi connectivity index (χ0n) is 8.98. The summed E-state index contributed by atoms with van der Waals surface area (Å²) in [5.74, 6) is -0.157. The zero-order chi connectivity index (χ0) is 11.4. The number of nitrogens with one attached hydrogen (secondary N) is 1. The van der Waals surface area contributed by atoms with Gasteiger partial charge in [0.1, 0.15) is 5.00 Å². The summed E-state index contributed by atoms with van der Waals surface area (Å²) in [6.45, 7) is 0. The van der Waals surface area contributed by atoms with Gasteiger partial charge in [-0.3, -0.25) is 4.79 Å². The molecule has 0 aliphatic heterocycles. The molecule has 0 atom stereocenters. The first kappa shape index (κ1) is 11.5. The van der Waals surface area contributed by atoms with Crippen molar-refractivity contribution in [2.45, 2.75) is 44.1 Å². The van der Waals surface area contributed by atoms with Gasteiger partial charge in [-0.15, -0.1) is 5.10 Å². The summed E-state index contributed by atoms with van der Waals surface area (Å²) in [6, 6.07) is 0. The highest BCUT2D eigenvalue weighted by atomic mass is 32.1. The molecule has 1 fully saturated rings. The predicted molar refractivity (Wildman–Crippen MR) is 61.2 cm³/mol. The molecule has 16 heavy (non-hydrogen) atoms. The third kappa shape index (κ3) is 2.99. The first-order valence-corrected chi connectivity index (χ1v) is 6.25. The number of nitrogens with zero attached hydrogens (tertiary/aromatic N) is 2. The van der Waals surface area contributed by atoms with E-state index in [4.69, 9.17) is 0 Å². The first-order valence-electron chi connectivity index (χ1n) is 5.48. The van der Waals surface area contributed by atoms with Crippen LogP contribution >= 0.6 is 11.5 Å². The number of hydrogen-bond donors (Lipinski definition) is 2. The molecule has 0 bridgehead atoms. The number of amides is 1. The molecule has 0 unspecified atom stereocenters. The fourth-order valence-electron chi connectivity index (χ4n) is 2.09. The molecule has 1 aliphatic carbocycles. The highest BCUT2D eigenvalue weighted by Gasteiger charge is 2.31. The van der Waals surface area contributed by atoms with Crippen molar-refractivity contribution in [2.75, 3.05) is 5.32 Å². The molecular formula is C10H15N3O2S. The highest BCUT2D eigenvalue weighted by molar-refractivity contribution is 7.10. The van der Waals surface area contributed by atoms with Crippen LogP contribution in [0, 0.1) is 0 Å². The summed E-state index contributed by atoms with van der Waals surface area (Å²) in [5.41, 5.74) is -0.805. The molecule has 0 spiro atoms. The molecule has 0 radical (unpaired) electrons. The van der Waals surface area contributed by atoms with Crippen LogP contribution in [-0.4, -0.2) is 26.2 Å². The molecule has 1 saturated carbocycles. The van der Waals surface area contributed by atoms with E-state index in [1.54, 1.807) is 0 Å². The van der Waals surface area contributed by atoms with E-state index in [-0.39, 0.29) is 12.3 Å². The second-order valence-electron chi connectivity index (χ2n) is 4.29. The van der Waals surface area contributed by atoms with E-state index in [1.165, 1.54) is 6.20 Å². The number of rotatable bonds is 3. The fraction of sp³-hybridized carbons (Fsp3) is 0.700. The smallest absolute Gasteiger partial charge is 0.227 e. The summed E-state index contributed by atoms with van der Waals surface area (Å²) in [7, 11) is 0. The highest BCUT2D eigenvalue weighted by Crippen LogP contribution is 2.31. The van der Waals surface area contributed by atoms with Crippen molar-refractivity contribution in [1.29, 1.82) is 0 Å². The van der Waals surface area contributed by atoms with Gasteiger partial charge >= 0.3 is 0 Å². The largest absolute Gasteiger partial charge is 0.389 e. The van der Waals surface area contributed by atoms with Crippen LogP contribution in [0.25, 0.3) is 0 Å². The molecule has 2 rings (SSSR count). The van der Waals surface area contributed by atoms with Crippen LogP contribution in [0.15, 0.2) is 6.20 Å². The Morgan fingerprint density at radius 1 is 1.50 bits per heavy atom. The average Bonchev–Trinajstić information content (AvgIpc) is 2.70. The Labute approximate surface area is 98.0 Å². The van der Waals surface area contributed by atoms with Gasteiger partial charge in [-0.2, -0.15) is 0 Å². The topological polar surface area (TPSA) is 75.1 Å². The van der Waals surface area contributed by atoms with E-state index in [9.17, 15) is 9.90 Å². The Bertz CT molecular complexity index is 347. The minimum absolute atomic E-state index is 0.157. The van der Waals surface area contributed by atoms with Crippen molar-refractivity contribution >= 4 is 22.4 Å². The Morgan fingerprint density at radius 2 is 2.25 bits per heavy atom. The van der Waals surface area contributed by atoms with Gasteiger partial charge in [0.05, 0.1) is 18.2 Å². The van der Waals surface area contributed by atoms with Gasteiger partial charge in [0.2, 0.25) is 5.91 Å². The molecule has 1 aromatic rings. The van der Waals surface area contributed by atoms with Crippen molar-refractivity contribution in [3.63, 3.8) is 0 Å². The number of carbonyl (C=O) groups is 1. The fourth-order valence-corrected chi connectivity index (χ4v) is 2.53. The van der Waals surface area contributed by atoms with Crippen LogP contribution in [0.2, 0.25) is 0 Å². The average molecular weight is 241 g/mol. The number of hydrogen-bond acceptors (Lipinski definition) is 5. The van der Waals surface area contributed by atoms with E-state index < -0.39 is 5.60 Å². The molecule has 1 aromatic heterocycles. The zero-order valence-corrected chi connectivity index (χ0v) is 9.79. The predicted octanol–water partition coefficient (Wildman–Crippen LogP) is 1.56. The van der Waals surface area contributed by atoms with Gasteiger partial charge in [-0.1, -0.05) is 23.8 Å². The summed E-state index contributed by atoms with van der Waals surface area (Å²) in [5, 5.41) is 17.1. The van der Waals surface area contributed by atoms with Crippen molar-refractivity contribution < 1.29 is 9.90 Å². The van der Waals surface area contributed by atoms with Crippen molar-refractivity contribution in [1.82, 2.24) is 9.59 Å². The molecule has 2 N–H and O–H groups in total. The number of carbonyl (C=O) groups excluding carboxylic acids is 1. The molecule has 1 amide bonds. The Morgan fingerprint density at radius 3 is 2.88 bits per heavy atom. The number of aliphatic hydroxyl groups is 1. The lowest BCUT2D eigenvalue weighted by Gasteiger charge is -2.31. The van der Waals surface area contributed by atoms with Crippen molar-refractivity contribution in [2.24, 2.45) is 0 Å². The molecule has 1 aliphatic rings. The maximum absolute atomic E-state index is 11.7. The lowest BCUT2D eigenvalue weighted by molar-refractivity contribution is -0.122. The summed E-state index contributed by atoms with van der Waals surface area (Å²) in [6.07, 6.45) is 6.29. The van der Waals surface area contributed by atoms with Crippen LogP contribution in [-0.2, 0) is 4.79 Å². The Hall–Kier alpha value is -1.01. The lowest BCUT2D eigenvalue weighted by Crippen LogP contribution is -2.35. The minimum Gasteiger partial charge on any atom is -0.389 e. The second kappa shape index (κ2) is 4.88. The minimum atomic E-state index is -0.805. The van der Waals surface area contributed by atoms with E-state index in [0.29, 0.717) is 5.00 Å². The van der Waals surface area contributed by atoms with Gasteiger partial charge in [0.15, 0.2) is 0 Å². The van der Waals surface area contributed by atoms with Gasteiger partial charge < -0.3 is 10.4 Å². The standard InChI is InChI=1S/C10H15N3O2S/c14-8(12-9-7-11-13-16-9)6-10(15)4-2-1-3-5-10/h7,15H,1-6H2,(H,12,14). The third-order valence-corrected chi connectivity index (χ3v) is 3.48. The van der Waals surface area contributed by atoms with Crippen LogP contribution < -0.4 is 5.32 Å². The second-order valence-corrected chi connectivity index (χ2v) is 5.08. The van der Waals surface area contributed by atoms with Gasteiger partial charge in [0.25, 0.3) is 0 Å². The maximum Gasteiger partial charge on any atom is 0.227 e. The van der Waals surface area contributed by atoms with Gasteiger partial charge in [-0.05, 0) is 12.8 Å². The van der Waals surface area contributed by atoms with Crippen molar-refractivity contribution in [3.8, 4) is 0 Å². The lowest BCUT2D eigenvalue weighted by atomic mass is 9.82. The van der Waals surface area contributed by atoms with E-state index in [1.807, 2.05) is 0 Å². The molecule has 1 heterocycles. The summed E-state index contributed by atoms with van der Waals surface area (Å²) >= 11 is 1.14. The Kier molecular flexibility index (Phi) is 3.50. The normalized spacial score (nSPS) is 19.3. The summed E-state index contributed by atoms with van der Waals surface area (Å²) < 4.78 is 3.65. The van der Waals surface area contributed by atoms with Crippen molar-refractivity contribution in [3.05, 3.63) is 6.20 Å². The number of aromatic nitrogens is 2. The molecule has 0 saturated heterocycles. The molecular weight excluding hydrogens is 226 g/mol. The monoisotopic (exact) mass is 241 g/mol. The van der Waals surface area contributed by atoms with Crippen LogP contribution in [0.5, 0.6) is 0 Å². The molecule has 0 aromatic carbocycles. The SMILES string of the molecule is O=C(CC1(O)CCCCC1)Nc1cnns1. The van der Waals surface area contributed by atoms with Gasteiger partial charge in [0, 0.05) is 11.5 Å². The van der Waals surface area contributed by atoms with Gasteiger partial charge in [-0.25, -0.2) is 0 Å². The third-order valence-electron chi connectivity index (χ3n) is 2.90. The Balaban J connectivity index is 1.86. The van der Waals surface area contributed by atoms with Crippen LogP contribution in [0.1, 0.15) is 38.5 Å². The molecule has 6 heteroatoms.